The predicted octanol–water partition coefficient (Wildman–Crippen LogP) is 4.67. The van der Waals surface area contributed by atoms with Crippen LogP contribution in [0.4, 0.5) is 26.3 Å². The quantitative estimate of drug-likeness (QED) is 0.452. The summed E-state index contributed by atoms with van der Waals surface area (Å²) in [6.07, 6.45) is -1.25. The smallest absolute Gasteiger partial charge is 0.475 e. The molecular formula is C26H28F6N2O5S. The summed E-state index contributed by atoms with van der Waals surface area (Å²) in [5, 5.41) is 7.12. The van der Waals surface area contributed by atoms with Gasteiger partial charge in [0.15, 0.2) is 0 Å². The zero-order chi connectivity index (χ0) is 29.9. The van der Waals surface area contributed by atoms with Crippen molar-refractivity contribution >= 4 is 21.9 Å². The average molecular weight is 595 g/mol. The van der Waals surface area contributed by atoms with Crippen LogP contribution in [0.5, 0.6) is 0 Å². The highest BCUT2D eigenvalue weighted by molar-refractivity contribution is 7.89. The number of likely N-dealkylation sites (tertiary alicyclic amines) is 1. The number of hydrogen-bond acceptors (Lipinski definition) is 5. The van der Waals surface area contributed by atoms with Crippen molar-refractivity contribution in [1.29, 1.82) is 0 Å². The molecule has 0 aromatic heterocycles. The van der Waals surface area contributed by atoms with Crippen LogP contribution >= 0.6 is 0 Å². The van der Waals surface area contributed by atoms with Crippen LogP contribution in [-0.2, 0) is 26.8 Å². The Morgan fingerprint density at radius 1 is 1.07 bits per heavy atom. The highest BCUT2D eigenvalue weighted by Crippen LogP contribution is 2.43. The van der Waals surface area contributed by atoms with E-state index in [1.54, 1.807) is 12.1 Å². The lowest BCUT2D eigenvalue weighted by Gasteiger charge is -2.40. The van der Waals surface area contributed by atoms with Crippen LogP contribution < -0.4 is 4.72 Å². The number of piperidine rings is 1. The van der Waals surface area contributed by atoms with E-state index >= 15 is 0 Å². The number of nitrogens with zero attached hydrogens (tertiary/aromatic N) is 1. The third-order valence-corrected chi connectivity index (χ3v) is 7.49. The first-order valence-electron chi connectivity index (χ1n) is 12.2. The predicted molar refractivity (Wildman–Crippen MR) is 133 cm³/mol. The van der Waals surface area contributed by atoms with Crippen LogP contribution in [0.25, 0.3) is 0 Å². The van der Waals surface area contributed by atoms with Gasteiger partial charge in [-0.05, 0) is 85.6 Å². The summed E-state index contributed by atoms with van der Waals surface area (Å²) >= 11 is 0. The number of amides is 1. The van der Waals surface area contributed by atoms with Crippen LogP contribution in [0.3, 0.4) is 0 Å². The molecule has 2 aromatic rings. The number of rotatable bonds is 7. The van der Waals surface area contributed by atoms with E-state index in [1.165, 1.54) is 24.3 Å². The summed E-state index contributed by atoms with van der Waals surface area (Å²) in [6, 6.07) is 8.78. The molecule has 0 atom stereocenters. The van der Waals surface area contributed by atoms with Gasteiger partial charge in [0.2, 0.25) is 10.0 Å². The number of sulfonamides is 1. The van der Waals surface area contributed by atoms with Crippen molar-refractivity contribution < 1.29 is 49.5 Å². The molecule has 2 N–H and O–H groups in total. The molecule has 2 aromatic carbocycles. The minimum Gasteiger partial charge on any atom is -0.475 e. The molecule has 7 nitrogen and oxygen atoms in total. The molecule has 1 heterocycles. The summed E-state index contributed by atoms with van der Waals surface area (Å²) in [7, 11) is -3.80. The molecule has 14 heteroatoms. The lowest BCUT2D eigenvalue weighted by atomic mass is 9.74. The molecule has 4 rings (SSSR count). The molecule has 220 valence electrons. The minimum absolute atomic E-state index is 0.222. The fourth-order valence-corrected chi connectivity index (χ4v) is 5.07. The Labute approximate surface area is 227 Å². The highest BCUT2D eigenvalue weighted by Gasteiger charge is 2.39. The highest BCUT2D eigenvalue weighted by atomic mass is 32.2. The van der Waals surface area contributed by atoms with Crippen LogP contribution in [-0.4, -0.2) is 62.5 Å². The Balaban J connectivity index is 0.000000559. The van der Waals surface area contributed by atoms with Gasteiger partial charge in [-0.1, -0.05) is 12.1 Å². The zero-order valence-electron chi connectivity index (χ0n) is 21.4. The van der Waals surface area contributed by atoms with Crippen molar-refractivity contribution in [2.45, 2.75) is 49.7 Å². The molecular weight excluding hydrogens is 566 g/mol. The number of carbonyl (C=O) groups is 2. The maximum Gasteiger partial charge on any atom is 0.490 e. The minimum atomic E-state index is -5.08. The van der Waals surface area contributed by atoms with Gasteiger partial charge in [-0.15, -0.1) is 0 Å². The van der Waals surface area contributed by atoms with Gasteiger partial charge in [0, 0.05) is 12.0 Å². The van der Waals surface area contributed by atoms with Crippen molar-refractivity contribution in [3.63, 3.8) is 0 Å². The summed E-state index contributed by atoms with van der Waals surface area (Å²) < 4.78 is 98.5. The summed E-state index contributed by atoms with van der Waals surface area (Å²) in [4.78, 5) is 23.3. The van der Waals surface area contributed by atoms with Gasteiger partial charge >= 0.3 is 12.1 Å². The number of carbonyl (C=O) groups excluding carboxylic acids is 1. The van der Waals surface area contributed by atoms with Gasteiger partial charge in [0.1, 0.15) is 11.6 Å². The molecule has 1 saturated carbocycles. The monoisotopic (exact) mass is 594 g/mol. The van der Waals surface area contributed by atoms with Crippen molar-refractivity contribution in [2.24, 2.45) is 0 Å². The number of alkyl halides is 4. The molecule has 2 aliphatic rings. The molecule has 0 spiro atoms. The van der Waals surface area contributed by atoms with Crippen LogP contribution in [0, 0.1) is 11.6 Å². The number of nitrogens with one attached hydrogen (secondary N) is 1. The summed E-state index contributed by atoms with van der Waals surface area (Å²) in [5.41, 5.74) is 1.48. The fraction of sp³-hybridized carbons (Fsp3) is 0.462. The topological polar surface area (TPSA) is 104 Å². The van der Waals surface area contributed by atoms with Crippen molar-refractivity contribution in [3.05, 3.63) is 70.3 Å². The normalized spacial score (nSPS) is 17.5. The number of hydrogen-bond donors (Lipinski definition) is 2. The maximum atomic E-state index is 14.8. The number of carboxylic acid groups (broad SMARTS) is 1. The average Bonchev–Trinajstić information content (AvgIpc) is 3.69. The Hall–Kier alpha value is -3.13. The molecule has 1 aliphatic heterocycles. The Morgan fingerprint density at radius 3 is 2.08 bits per heavy atom. The second-order valence-corrected chi connectivity index (χ2v) is 11.8. The van der Waals surface area contributed by atoms with E-state index in [-0.39, 0.29) is 17.3 Å². The first-order valence-corrected chi connectivity index (χ1v) is 14.1. The molecule has 0 radical (unpaired) electrons. The molecule has 40 heavy (non-hydrogen) atoms. The number of halogens is 6. The summed E-state index contributed by atoms with van der Waals surface area (Å²) in [6.45, 7) is 1.13. The Morgan fingerprint density at radius 2 is 1.62 bits per heavy atom. The van der Waals surface area contributed by atoms with E-state index in [0.717, 1.165) is 35.8 Å². The lowest BCUT2D eigenvalue weighted by Crippen LogP contribution is -2.43. The Kier molecular flexibility index (Phi) is 9.55. The van der Waals surface area contributed by atoms with Crippen molar-refractivity contribution in [2.75, 3.05) is 26.0 Å². The largest absolute Gasteiger partial charge is 0.490 e. The number of carboxylic acids is 1. The lowest BCUT2D eigenvalue weighted by molar-refractivity contribution is -0.192. The number of aliphatic carboxylic acids is 1. The molecule has 0 bridgehead atoms. The number of benzene rings is 2. The standard InChI is InChI=1S/C24H27F3N2O3S.C2HF3O2/c1-33(31,32)28-23(30)21-13-20(16-2-3-16)17(12-22(21)27)14-29-10-8-24(15-25,9-11-29)18-4-6-19(26)7-5-18;3-2(4,5)1(6)7/h4-7,12-13,16H,2-3,8-11,14-15H2,1H3,(H,28,30);(H,6,7). The second-order valence-electron chi connectivity index (χ2n) is 10.0. The van der Waals surface area contributed by atoms with E-state index in [2.05, 4.69) is 4.90 Å². The van der Waals surface area contributed by atoms with Gasteiger partial charge < -0.3 is 5.11 Å². The Bertz CT molecular complexity index is 1340. The van der Waals surface area contributed by atoms with Crippen LogP contribution in [0.1, 0.15) is 58.6 Å². The van der Waals surface area contributed by atoms with Gasteiger partial charge in [0.25, 0.3) is 5.91 Å². The van der Waals surface area contributed by atoms with E-state index in [1.807, 2.05) is 4.72 Å². The van der Waals surface area contributed by atoms with Crippen molar-refractivity contribution in [3.8, 4) is 0 Å². The SMILES string of the molecule is CS(=O)(=O)NC(=O)c1cc(C2CC2)c(CN2CCC(CF)(c3ccc(F)cc3)CC2)cc1F.O=C(O)C(F)(F)F. The van der Waals surface area contributed by atoms with E-state index in [4.69, 9.17) is 9.90 Å². The maximum absolute atomic E-state index is 14.8. The second kappa shape index (κ2) is 12.2. The van der Waals surface area contributed by atoms with Gasteiger partial charge in [-0.2, -0.15) is 13.2 Å². The molecule has 1 saturated heterocycles. The van der Waals surface area contributed by atoms with Gasteiger partial charge in [-0.3, -0.25) is 14.1 Å². The van der Waals surface area contributed by atoms with Gasteiger partial charge in [-0.25, -0.2) is 26.7 Å². The van der Waals surface area contributed by atoms with E-state index in [0.29, 0.717) is 32.5 Å². The van der Waals surface area contributed by atoms with Gasteiger partial charge in [0.05, 0.1) is 18.5 Å². The van der Waals surface area contributed by atoms with Crippen molar-refractivity contribution in [1.82, 2.24) is 9.62 Å². The third kappa shape index (κ3) is 8.19. The van der Waals surface area contributed by atoms with Crippen LogP contribution in [0.2, 0.25) is 0 Å². The third-order valence-electron chi connectivity index (χ3n) is 6.93. The molecule has 1 aliphatic carbocycles. The fourth-order valence-electron chi connectivity index (χ4n) is 4.62. The van der Waals surface area contributed by atoms with E-state index in [9.17, 15) is 39.6 Å². The van der Waals surface area contributed by atoms with Crippen LogP contribution in [0.15, 0.2) is 36.4 Å². The first kappa shape index (κ1) is 31.4. The molecule has 1 amide bonds. The molecule has 0 unspecified atom stereocenters. The summed E-state index contributed by atoms with van der Waals surface area (Å²) in [5.74, 6) is -4.63. The van der Waals surface area contributed by atoms with E-state index < -0.39 is 46.0 Å². The zero-order valence-corrected chi connectivity index (χ0v) is 22.2. The molecule has 2 fully saturated rings. The first-order chi connectivity index (χ1) is 18.5.